The van der Waals surface area contributed by atoms with Crippen molar-refractivity contribution in [1.29, 1.82) is 0 Å². The third-order valence-electron chi connectivity index (χ3n) is 3.43. The van der Waals surface area contributed by atoms with Crippen LogP contribution in [0.5, 0.6) is 5.75 Å². The van der Waals surface area contributed by atoms with Crippen LogP contribution in [0, 0.1) is 5.92 Å². The van der Waals surface area contributed by atoms with Crippen LogP contribution < -0.4 is 4.74 Å². The fraction of sp³-hybridized carbons (Fsp3) is 0.471. The standard InChI is InChI=1S/C17H23N3O3S/c1-11(2)10-20-15(13-6-8-14(22-4)9-7-13)18-19-17(20)24-12(3)16(21)23-5/h6-9,11-12H,10H2,1-5H3/t12-/m1/s1. The zero-order valence-electron chi connectivity index (χ0n) is 14.6. The molecule has 7 heteroatoms. The normalized spacial score (nSPS) is 12.2. The van der Waals surface area contributed by atoms with E-state index >= 15 is 0 Å². The molecule has 130 valence electrons. The summed E-state index contributed by atoms with van der Waals surface area (Å²) < 4.78 is 12.0. The monoisotopic (exact) mass is 349 g/mol. The highest BCUT2D eigenvalue weighted by molar-refractivity contribution is 8.00. The van der Waals surface area contributed by atoms with Gasteiger partial charge in [-0.15, -0.1) is 10.2 Å². The summed E-state index contributed by atoms with van der Waals surface area (Å²) in [6, 6.07) is 7.71. The van der Waals surface area contributed by atoms with Gasteiger partial charge in [0.25, 0.3) is 0 Å². The van der Waals surface area contributed by atoms with Crippen LogP contribution in [0.3, 0.4) is 0 Å². The summed E-state index contributed by atoms with van der Waals surface area (Å²) >= 11 is 1.36. The van der Waals surface area contributed by atoms with Crippen molar-refractivity contribution in [3.63, 3.8) is 0 Å². The summed E-state index contributed by atoms with van der Waals surface area (Å²) in [5, 5.41) is 8.99. The molecule has 0 aliphatic rings. The van der Waals surface area contributed by atoms with Gasteiger partial charge in [-0.1, -0.05) is 25.6 Å². The first-order chi connectivity index (χ1) is 11.5. The number of ether oxygens (including phenoxy) is 2. The molecule has 0 amide bonds. The maximum Gasteiger partial charge on any atom is 0.318 e. The van der Waals surface area contributed by atoms with Crippen molar-refractivity contribution in [3.8, 4) is 17.1 Å². The molecule has 0 unspecified atom stereocenters. The molecule has 1 heterocycles. The first kappa shape index (κ1) is 18.3. The summed E-state index contributed by atoms with van der Waals surface area (Å²) in [5.74, 6) is 1.73. The van der Waals surface area contributed by atoms with E-state index in [0.717, 1.165) is 23.7 Å². The van der Waals surface area contributed by atoms with Gasteiger partial charge in [0, 0.05) is 12.1 Å². The number of benzene rings is 1. The molecule has 0 bridgehead atoms. The molecule has 6 nitrogen and oxygen atoms in total. The quantitative estimate of drug-likeness (QED) is 0.565. The molecule has 1 aromatic carbocycles. The molecule has 24 heavy (non-hydrogen) atoms. The van der Waals surface area contributed by atoms with Gasteiger partial charge in [-0.3, -0.25) is 4.79 Å². The number of hydrogen-bond acceptors (Lipinski definition) is 6. The van der Waals surface area contributed by atoms with Gasteiger partial charge in [0.2, 0.25) is 0 Å². The van der Waals surface area contributed by atoms with Crippen LogP contribution in [0.15, 0.2) is 29.4 Å². The lowest BCUT2D eigenvalue weighted by Crippen LogP contribution is -2.16. The second-order valence-electron chi connectivity index (χ2n) is 5.82. The average molecular weight is 349 g/mol. The van der Waals surface area contributed by atoms with Gasteiger partial charge in [0.1, 0.15) is 11.0 Å². The number of esters is 1. The highest BCUT2D eigenvalue weighted by atomic mass is 32.2. The summed E-state index contributed by atoms with van der Waals surface area (Å²) in [4.78, 5) is 11.7. The van der Waals surface area contributed by atoms with Crippen molar-refractivity contribution >= 4 is 17.7 Å². The number of hydrogen-bond donors (Lipinski definition) is 0. The number of thioether (sulfide) groups is 1. The second-order valence-corrected chi connectivity index (χ2v) is 7.13. The summed E-state index contributed by atoms with van der Waals surface area (Å²) in [6.45, 7) is 6.84. The first-order valence-electron chi connectivity index (χ1n) is 7.78. The number of methoxy groups -OCH3 is 2. The van der Waals surface area contributed by atoms with E-state index in [1.54, 1.807) is 14.0 Å². The summed E-state index contributed by atoms with van der Waals surface area (Å²) in [5.41, 5.74) is 0.960. The van der Waals surface area contributed by atoms with Crippen LogP contribution in [0.4, 0.5) is 0 Å². The largest absolute Gasteiger partial charge is 0.497 e. The minimum Gasteiger partial charge on any atom is -0.497 e. The molecular weight excluding hydrogens is 326 g/mol. The van der Waals surface area contributed by atoms with E-state index in [1.807, 2.05) is 24.3 Å². The Morgan fingerprint density at radius 2 is 1.83 bits per heavy atom. The number of carbonyl (C=O) groups is 1. The van der Waals surface area contributed by atoms with Crippen molar-refractivity contribution in [2.45, 2.75) is 37.7 Å². The Balaban J connectivity index is 2.35. The van der Waals surface area contributed by atoms with E-state index in [4.69, 9.17) is 9.47 Å². The fourth-order valence-electron chi connectivity index (χ4n) is 2.23. The summed E-state index contributed by atoms with van der Waals surface area (Å²) in [6.07, 6.45) is 0. The van der Waals surface area contributed by atoms with Crippen LogP contribution in [0.1, 0.15) is 20.8 Å². The number of rotatable bonds is 7. The summed E-state index contributed by atoms with van der Waals surface area (Å²) in [7, 11) is 3.03. The number of carbonyl (C=O) groups excluding carboxylic acids is 1. The molecule has 2 aromatic rings. The Hall–Kier alpha value is -2.02. The Bertz CT molecular complexity index is 683. The predicted molar refractivity (Wildman–Crippen MR) is 94.2 cm³/mol. The van der Waals surface area contributed by atoms with Gasteiger partial charge in [-0.2, -0.15) is 0 Å². The van der Waals surface area contributed by atoms with Crippen molar-refractivity contribution in [2.75, 3.05) is 14.2 Å². The lowest BCUT2D eigenvalue weighted by molar-refractivity contribution is -0.139. The van der Waals surface area contributed by atoms with E-state index < -0.39 is 0 Å². The third-order valence-corrected chi connectivity index (χ3v) is 4.49. The molecule has 2 rings (SSSR count). The van der Waals surface area contributed by atoms with Gasteiger partial charge in [0.05, 0.1) is 14.2 Å². The van der Waals surface area contributed by atoms with E-state index in [1.165, 1.54) is 18.9 Å². The topological polar surface area (TPSA) is 66.2 Å². The molecule has 0 N–H and O–H groups in total. The average Bonchev–Trinajstić information content (AvgIpc) is 2.95. The minimum atomic E-state index is -0.339. The smallest absolute Gasteiger partial charge is 0.318 e. The van der Waals surface area contributed by atoms with E-state index in [2.05, 4.69) is 28.6 Å². The van der Waals surface area contributed by atoms with Crippen molar-refractivity contribution in [1.82, 2.24) is 14.8 Å². The second kappa shape index (κ2) is 8.19. The van der Waals surface area contributed by atoms with Crippen molar-refractivity contribution in [2.24, 2.45) is 5.92 Å². The Morgan fingerprint density at radius 1 is 1.17 bits per heavy atom. The molecule has 1 aromatic heterocycles. The van der Waals surface area contributed by atoms with Gasteiger partial charge in [-0.25, -0.2) is 0 Å². The van der Waals surface area contributed by atoms with Crippen LogP contribution in [0.2, 0.25) is 0 Å². The molecule has 0 aliphatic heterocycles. The van der Waals surface area contributed by atoms with E-state index in [-0.39, 0.29) is 11.2 Å². The predicted octanol–water partition coefficient (Wildman–Crippen LogP) is 3.26. The Morgan fingerprint density at radius 3 is 2.38 bits per heavy atom. The highest BCUT2D eigenvalue weighted by Crippen LogP contribution is 2.29. The molecule has 0 saturated carbocycles. The van der Waals surface area contributed by atoms with E-state index in [9.17, 15) is 4.79 Å². The SMILES string of the molecule is COC(=O)[C@@H](C)Sc1nnc(-c2ccc(OC)cc2)n1CC(C)C. The van der Waals surface area contributed by atoms with Crippen LogP contribution in [-0.4, -0.2) is 40.2 Å². The number of aromatic nitrogens is 3. The molecule has 0 spiro atoms. The van der Waals surface area contributed by atoms with Crippen LogP contribution in [-0.2, 0) is 16.1 Å². The molecule has 0 aliphatic carbocycles. The van der Waals surface area contributed by atoms with Crippen molar-refractivity contribution < 1.29 is 14.3 Å². The maximum absolute atomic E-state index is 11.7. The van der Waals surface area contributed by atoms with E-state index in [0.29, 0.717) is 11.1 Å². The zero-order chi connectivity index (χ0) is 17.7. The molecule has 1 atom stereocenters. The fourth-order valence-corrected chi connectivity index (χ4v) is 3.12. The molecule has 0 saturated heterocycles. The molecule has 0 fully saturated rings. The maximum atomic E-state index is 11.7. The lowest BCUT2D eigenvalue weighted by Gasteiger charge is -2.14. The third kappa shape index (κ3) is 4.29. The highest BCUT2D eigenvalue weighted by Gasteiger charge is 2.21. The number of nitrogens with zero attached hydrogens (tertiary/aromatic N) is 3. The first-order valence-corrected chi connectivity index (χ1v) is 8.66. The van der Waals surface area contributed by atoms with Crippen LogP contribution >= 0.6 is 11.8 Å². The lowest BCUT2D eigenvalue weighted by atomic mass is 10.2. The molecule has 0 radical (unpaired) electrons. The van der Waals surface area contributed by atoms with Gasteiger partial charge >= 0.3 is 5.97 Å². The molecular formula is C17H23N3O3S. The minimum absolute atomic E-state index is 0.273. The van der Waals surface area contributed by atoms with Crippen LogP contribution in [0.25, 0.3) is 11.4 Å². The van der Waals surface area contributed by atoms with Gasteiger partial charge in [-0.05, 0) is 37.1 Å². The Kier molecular flexibility index (Phi) is 6.25. The zero-order valence-corrected chi connectivity index (χ0v) is 15.5. The van der Waals surface area contributed by atoms with Crippen molar-refractivity contribution in [3.05, 3.63) is 24.3 Å². The van der Waals surface area contributed by atoms with Gasteiger partial charge < -0.3 is 14.0 Å². The van der Waals surface area contributed by atoms with Gasteiger partial charge in [0.15, 0.2) is 11.0 Å². The Labute approximate surface area is 146 Å².